The van der Waals surface area contributed by atoms with E-state index in [1.54, 1.807) is 38.3 Å². The van der Waals surface area contributed by atoms with E-state index in [-0.39, 0.29) is 11.0 Å². The molecule has 0 radical (unpaired) electrons. The van der Waals surface area contributed by atoms with Gasteiger partial charge in [-0.15, -0.1) is 10.2 Å². The Hall–Kier alpha value is -3.53. The van der Waals surface area contributed by atoms with Crippen LogP contribution in [0.2, 0.25) is 0 Å². The van der Waals surface area contributed by atoms with Crippen molar-refractivity contribution in [3.63, 3.8) is 0 Å². The summed E-state index contributed by atoms with van der Waals surface area (Å²) in [5, 5.41) is 11.1. The number of nitrogens with two attached hydrogens (primary N) is 1. The molecule has 1 aromatic heterocycles. The highest BCUT2D eigenvalue weighted by Crippen LogP contribution is 2.25. The summed E-state index contributed by atoms with van der Waals surface area (Å²) in [7, 11) is 1.60. The van der Waals surface area contributed by atoms with Crippen LogP contribution in [-0.4, -0.2) is 34.6 Å². The second-order valence-corrected chi connectivity index (χ2v) is 6.97. The minimum absolute atomic E-state index is 0.0250. The van der Waals surface area contributed by atoms with Crippen LogP contribution in [0.4, 0.5) is 11.5 Å². The van der Waals surface area contributed by atoms with Crippen LogP contribution in [-0.2, 0) is 10.5 Å². The largest absolute Gasteiger partial charge is 0.496 e. The number of nitrogens with zero attached hydrogens (tertiary/aromatic N) is 3. The topological polar surface area (TPSA) is 121 Å². The maximum Gasteiger partial charge on any atom is 0.338 e. The normalized spacial score (nSPS) is 10.5. The summed E-state index contributed by atoms with van der Waals surface area (Å²) in [4.78, 5) is 24.3. The van der Waals surface area contributed by atoms with Crippen molar-refractivity contribution >= 4 is 29.2 Å². The fraction of sp³-hybridized carbons (Fsp3) is 0.200. The summed E-state index contributed by atoms with van der Waals surface area (Å²) in [5.41, 5.74) is 1.39. The number of nitrogen functional groups attached to an aromatic ring is 1. The first-order valence-corrected chi connectivity index (χ1v) is 10.1. The lowest BCUT2D eigenvalue weighted by Gasteiger charge is -2.10. The highest BCUT2D eigenvalue weighted by Gasteiger charge is 2.13. The fourth-order valence-corrected chi connectivity index (χ4v) is 3.41. The molecule has 9 nitrogen and oxygen atoms in total. The lowest BCUT2D eigenvalue weighted by Crippen LogP contribution is -2.32. The predicted octanol–water partition coefficient (Wildman–Crippen LogP) is 2.57. The van der Waals surface area contributed by atoms with Gasteiger partial charge < -0.3 is 20.6 Å². The molecule has 0 amide bonds. The SMILES string of the molecule is CCOC(=O)c1ccc(Nc2nnc(SCc3ccccc3OC)n(N)c2=O)cc1. The van der Waals surface area contributed by atoms with E-state index >= 15 is 0 Å². The Morgan fingerprint density at radius 3 is 2.60 bits per heavy atom. The van der Waals surface area contributed by atoms with Crippen LogP contribution in [0.5, 0.6) is 5.75 Å². The number of para-hydroxylation sites is 1. The van der Waals surface area contributed by atoms with Gasteiger partial charge in [0.05, 0.1) is 19.3 Å². The van der Waals surface area contributed by atoms with E-state index in [0.29, 0.717) is 23.6 Å². The van der Waals surface area contributed by atoms with Crippen LogP contribution in [0.15, 0.2) is 58.5 Å². The Kier molecular flexibility index (Phi) is 6.91. The second kappa shape index (κ2) is 9.79. The fourth-order valence-electron chi connectivity index (χ4n) is 2.57. The van der Waals surface area contributed by atoms with Gasteiger partial charge >= 0.3 is 11.5 Å². The van der Waals surface area contributed by atoms with Gasteiger partial charge in [0.15, 0.2) is 0 Å². The van der Waals surface area contributed by atoms with E-state index in [0.717, 1.165) is 16.0 Å². The molecule has 0 spiro atoms. The molecule has 0 fully saturated rings. The molecular weight excluding hydrogens is 406 g/mol. The zero-order valence-corrected chi connectivity index (χ0v) is 17.3. The highest BCUT2D eigenvalue weighted by molar-refractivity contribution is 7.98. The summed E-state index contributed by atoms with van der Waals surface area (Å²) >= 11 is 1.27. The number of nitrogens with one attached hydrogen (secondary N) is 1. The molecule has 0 saturated carbocycles. The molecule has 0 bridgehead atoms. The first-order valence-electron chi connectivity index (χ1n) is 9.07. The molecule has 0 unspecified atom stereocenters. The third-order valence-corrected chi connectivity index (χ3v) is 5.06. The molecule has 0 saturated heterocycles. The van der Waals surface area contributed by atoms with Gasteiger partial charge in [-0.3, -0.25) is 4.79 Å². The average Bonchev–Trinajstić information content (AvgIpc) is 2.77. The van der Waals surface area contributed by atoms with Crippen molar-refractivity contribution in [2.75, 3.05) is 24.9 Å². The van der Waals surface area contributed by atoms with Crippen molar-refractivity contribution in [2.24, 2.45) is 0 Å². The van der Waals surface area contributed by atoms with Gasteiger partial charge in [-0.25, -0.2) is 4.79 Å². The zero-order chi connectivity index (χ0) is 21.5. The summed E-state index contributed by atoms with van der Waals surface area (Å²) in [6.45, 7) is 2.04. The van der Waals surface area contributed by atoms with Crippen LogP contribution in [0.1, 0.15) is 22.8 Å². The quantitative estimate of drug-likeness (QED) is 0.317. The van der Waals surface area contributed by atoms with Crippen LogP contribution in [0.25, 0.3) is 0 Å². The molecular formula is C20H21N5O4S. The molecule has 0 atom stereocenters. The molecule has 3 aromatic rings. The first-order chi connectivity index (χ1) is 14.5. The summed E-state index contributed by atoms with van der Waals surface area (Å²) < 4.78 is 11.2. The van der Waals surface area contributed by atoms with Crippen molar-refractivity contribution in [3.05, 3.63) is 70.0 Å². The number of carbonyl (C=O) groups excluding carboxylic acids is 1. The molecule has 1 heterocycles. The standard InChI is InChI=1S/C20H21N5O4S/c1-3-29-19(27)13-8-10-15(11-9-13)22-17-18(26)25(21)20(24-23-17)30-12-14-6-4-5-7-16(14)28-2/h4-11H,3,12,21H2,1-2H3,(H,22,23). The van der Waals surface area contributed by atoms with Crippen molar-refractivity contribution in [3.8, 4) is 5.75 Å². The Labute approximate surface area is 177 Å². The Balaban J connectivity index is 1.72. The van der Waals surface area contributed by atoms with Crippen LogP contribution < -0.4 is 21.5 Å². The minimum Gasteiger partial charge on any atom is -0.496 e. The van der Waals surface area contributed by atoms with E-state index < -0.39 is 11.5 Å². The number of rotatable bonds is 8. The number of aromatic nitrogens is 3. The minimum atomic E-state index is -0.526. The maximum absolute atomic E-state index is 12.5. The van der Waals surface area contributed by atoms with E-state index in [1.165, 1.54) is 11.8 Å². The summed E-state index contributed by atoms with van der Waals surface area (Å²) in [6.07, 6.45) is 0. The zero-order valence-electron chi connectivity index (χ0n) is 16.5. The van der Waals surface area contributed by atoms with Gasteiger partial charge in [-0.1, -0.05) is 30.0 Å². The van der Waals surface area contributed by atoms with Crippen LogP contribution >= 0.6 is 11.8 Å². The molecule has 156 valence electrons. The van der Waals surface area contributed by atoms with E-state index in [9.17, 15) is 9.59 Å². The molecule has 0 aliphatic heterocycles. The van der Waals surface area contributed by atoms with Crippen molar-refractivity contribution in [1.29, 1.82) is 0 Å². The maximum atomic E-state index is 12.5. The van der Waals surface area contributed by atoms with Crippen LogP contribution in [0.3, 0.4) is 0 Å². The second-order valence-electron chi connectivity index (χ2n) is 6.03. The van der Waals surface area contributed by atoms with Gasteiger partial charge in [0.2, 0.25) is 11.0 Å². The molecule has 10 heteroatoms. The Morgan fingerprint density at radius 1 is 1.17 bits per heavy atom. The summed E-state index contributed by atoms with van der Waals surface area (Å²) in [5.74, 6) is 6.74. The number of thioether (sulfide) groups is 1. The predicted molar refractivity (Wildman–Crippen MR) is 115 cm³/mol. The number of ether oxygens (including phenoxy) is 2. The van der Waals surface area contributed by atoms with Gasteiger partial charge in [0.25, 0.3) is 0 Å². The number of anilines is 2. The molecule has 3 rings (SSSR count). The average molecular weight is 427 g/mol. The molecule has 0 aliphatic carbocycles. The number of benzene rings is 2. The van der Waals surface area contributed by atoms with Gasteiger partial charge in [-0.05, 0) is 37.3 Å². The Bertz CT molecular complexity index is 1090. The van der Waals surface area contributed by atoms with Crippen LogP contribution in [0, 0.1) is 0 Å². The first kappa shape index (κ1) is 21.2. The molecule has 2 aromatic carbocycles. The van der Waals surface area contributed by atoms with Crippen molar-refractivity contribution < 1.29 is 14.3 Å². The molecule has 3 N–H and O–H groups in total. The van der Waals surface area contributed by atoms with Crippen molar-refractivity contribution in [2.45, 2.75) is 17.8 Å². The number of methoxy groups -OCH3 is 1. The smallest absolute Gasteiger partial charge is 0.338 e. The van der Waals surface area contributed by atoms with Gasteiger partial charge in [-0.2, -0.15) is 4.68 Å². The number of hydrogen-bond acceptors (Lipinski definition) is 9. The van der Waals surface area contributed by atoms with E-state index in [2.05, 4.69) is 15.5 Å². The third-order valence-electron chi connectivity index (χ3n) is 4.07. The van der Waals surface area contributed by atoms with E-state index in [4.69, 9.17) is 15.3 Å². The van der Waals surface area contributed by atoms with Crippen molar-refractivity contribution in [1.82, 2.24) is 14.9 Å². The summed E-state index contributed by atoms with van der Waals surface area (Å²) in [6, 6.07) is 14.0. The number of esters is 1. The highest BCUT2D eigenvalue weighted by atomic mass is 32.2. The Morgan fingerprint density at radius 2 is 1.90 bits per heavy atom. The van der Waals surface area contributed by atoms with E-state index in [1.807, 2.05) is 24.3 Å². The number of carbonyl (C=O) groups is 1. The lowest BCUT2D eigenvalue weighted by atomic mass is 10.2. The molecule has 0 aliphatic rings. The lowest BCUT2D eigenvalue weighted by molar-refractivity contribution is 0.0526. The monoisotopic (exact) mass is 427 g/mol. The van der Waals surface area contributed by atoms with Gasteiger partial charge in [0.1, 0.15) is 5.75 Å². The van der Waals surface area contributed by atoms with Gasteiger partial charge in [0, 0.05) is 17.0 Å². The number of hydrogen-bond donors (Lipinski definition) is 2. The molecule has 30 heavy (non-hydrogen) atoms. The third kappa shape index (κ3) is 4.90.